The van der Waals surface area contributed by atoms with Crippen LogP contribution in [0.15, 0.2) is 30.6 Å². The second-order valence-corrected chi connectivity index (χ2v) is 2.98. The summed E-state index contributed by atoms with van der Waals surface area (Å²) in [6.07, 6.45) is 3.88. The zero-order valence-electron chi connectivity index (χ0n) is 7.79. The number of nitriles is 1. The zero-order chi connectivity index (χ0) is 10.7. The number of carbonyl (C=O) groups is 1. The van der Waals surface area contributed by atoms with Crippen molar-refractivity contribution in [3.63, 3.8) is 0 Å². The number of aromatic nitrogens is 2. The van der Waals surface area contributed by atoms with E-state index in [2.05, 4.69) is 10.4 Å². The van der Waals surface area contributed by atoms with Gasteiger partial charge in [-0.3, -0.25) is 4.79 Å². The SMILES string of the molecule is N#CC(NC=O)c1cnn2ccccc12. The van der Waals surface area contributed by atoms with Crippen LogP contribution in [0.2, 0.25) is 0 Å². The van der Waals surface area contributed by atoms with Gasteiger partial charge in [-0.1, -0.05) is 6.07 Å². The number of fused-ring (bicyclic) bond motifs is 1. The quantitative estimate of drug-likeness (QED) is 0.739. The second-order valence-electron chi connectivity index (χ2n) is 2.98. The molecule has 0 aliphatic rings. The summed E-state index contributed by atoms with van der Waals surface area (Å²) in [6, 6.07) is 6.90. The van der Waals surface area contributed by atoms with Crippen LogP contribution >= 0.6 is 0 Å². The highest BCUT2D eigenvalue weighted by Gasteiger charge is 2.14. The molecule has 2 rings (SSSR count). The lowest BCUT2D eigenvalue weighted by Crippen LogP contribution is -2.17. The third kappa shape index (κ3) is 1.53. The lowest BCUT2D eigenvalue weighted by molar-refractivity contribution is -0.109. The molecule has 2 aromatic rings. The van der Waals surface area contributed by atoms with E-state index in [9.17, 15) is 4.79 Å². The monoisotopic (exact) mass is 200 g/mol. The van der Waals surface area contributed by atoms with Crippen molar-refractivity contribution in [3.05, 3.63) is 36.2 Å². The maximum Gasteiger partial charge on any atom is 0.208 e. The standard InChI is InChI=1S/C10H8N4O/c11-5-9(12-7-15)8-6-13-14-4-2-1-3-10(8)14/h1-4,6-7,9H,(H,12,15). The molecule has 0 saturated heterocycles. The summed E-state index contributed by atoms with van der Waals surface area (Å²) in [4.78, 5) is 10.3. The smallest absolute Gasteiger partial charge is 0.208 e. The number of nitrogens with one attached hydrogen (secondary N) is 1. The molecule has 74 valence electrons. The van der Waals surface area contributed by atoms with E-state index >= 15 is 0 Å². The Morgan fingerprint density at radius 2 is 2.47 bits per heavy atom. The molecular formula is C10H8N4O. The average Bonchev–Trinajstić information content (AvgIpc) is 2.70. The van der Waals surface area contributed by atoms with Crippen molar-refractivity contribution >= 4 is 11.9 Å². The molecule has 0 aliphatic heterocycles. The molecule has 5 nitrogen and oxygen atoms in total. The summed E-state index contributed by atoms with van der Waals surface area (Å²) in [5, 5.41) is 15.4. The zero-order valence-corrected chi connectivity index (χ0v) is 7.79. The summed E-state index contributed by atoms with van der Waals surface area (Å²) >= 11 is 0. The van der Waals surface area contributed by atoms with Crippen molar-refractivity contribution < 1.29 is 4.79 Å². The minimum absolute atomic E-state index is 0.514. The third-order valence-corrected chi connectivity index (χ3v) is 2.13. The molecule has 0 fully saturated rings. The van der Waals surface area contributed by atoms with Gasteiger partial charge in [0.25, 0.3) is 0 Å². The van der Waals surface area contributed by atoms with Gasteiger partial charge >= 0.3 is 0 Å². The molecule has 1 N–H and O–H groups in total. The first-order valence-corrected chi connectivity index (χ1v) is 4.38. The van der Waals surface area contributed by atoms with Crippen LogP contribution in [-0.4, -0.2) is 16.0 Å². The Labute approximate surface area is 85.9 Å². The Bertz CT molecular complexity index is 525. The Kier molecular flexibility index (Phi) is 2.33. The first-order chi connectivity index (χ1) is 7.36. The van der Waals surface area contributed by atoms with Gasteiger partial charge in [-0.15, -0.1) is 0 Å². The Morgan fingerprint density at radius 3 is 3.20 bits per heavy atom. The molecule has 2 heterocycles. The molecule has 0 bridgehead atoms. The van der Waals surface area contributed by atoms with Gasteiger partial charge in [0.15, 0.2) is 0 Å². The molecule has 1 amide bonds. The second kappa shape index (κ2) is 3.80. The van der Waals surface area contributed by atoms with E-state index in [4.69, 9.17) is 5.26 Å². The summed E-state index contributed by atoms with van der Waals surface area (Å²) in [5.41, 5.74) is 1.52. The lowest BCUT2D eigenvalue weighted by Gasteiger charge is -2.04. The first-order valence-electron chi connectivity index (χ1n) is 4.38. The minimum atomic E-state index is -0.651. The van der Waals surface area contributed by atoms with Gasteiger partial charge in [0.05, 0.1) is 17.8 Å². The fourth-order valence-electron chi connectivity index (χ4n) is 1.44. The molecular weight excluding hydrogens is 192 g/mol. The van der Waals surface area contributed by atoms with Gasteiger partial charge in [0.2, 0.25) is 6.41 Å². The van der Waals surface area contributed by atoms with Crippen LogP contribution in [0.5, 0.6) is 0 Å². The molecule has 0 radical (unpaired) electrons. The van der Waals surface area contributed by atoms with E-state index in [1.807, 2.05) is 24.3 Å². The summed E-state index contributed by atoms with van der Waals surface area (Å²) in [5.74, 6) is 0. The predicted molar refractivity (Wildman–Crippen MR) is 52.7 cm³/mol. The molecule has 15 heavy (non-hydrogen) atoms. The topological polar surface area (TPSA) is 70.2 Å². The largest absolute Gasteiger partial charge is 0.339 e. The minimum Gasteiger partial charge on any atom is -0.339 e. The van der Waals surface area contributed by atoms with Crippen molar-refractivity contribution in [2.45, 2.75) is 6.04 Å². The van der Waals surface area contributed by atoms with E-state index < -0.39 is 6.04 Å². The fourth-order valence-corrected chi connectivity index (χ4v) is 1.44. The van der Waals surface area contributed by atoms with E-state index in [0.717, 1.165) is 5.52 Å². The highest BCUT2D eigenvalue weighted by molar-refractivity contribution is 5.59. The van der Waals surface area contributed by atoms with Crippen molar-refractivity contribution in [3.8, 4) is 6.07 Å². The molecule has 1 unspecified atom stereocenters. The van der Waals surface area contributed by atoms with Crippen molar-refractivity contribution in [2.75, 3.05) is 0 Å². The highest BCUT2D eigenvalue weighted by atomic mass is 16.1. The van der Waals surface area contributed by atoms with Crippen LogP contribution in [0.1, 0.15) is 11.6 Å². The number of pyridine rings is 1. The van der Waals surface area contributed by atoms with Gasteiger partial charge in [-0.05, 0) is 12.1 Å². The van der Waals surface area contributed by atoms with Crippen molar-refractivity contribution in [1.82, 2.24) is 14.9 Å². The van der Waals surface area contributed by atoms with Gasteiger partial charge in [-0.2, -0.15) is 10.4 Å². The number of hydrogen-bond acceptors (Lipinski definition) is 3. The van der Waals surface area contributed by atoms with Gasteiger partial charge < -0.3 is 5.32 Å². The number of carbonyl (C=O) groups excluding carboxylic acids is 1. The molecule has 1 atom stereocenters. The first kappa shape index (κ1) is 9.21. The van der Waals surface area contributed by atoms with Crippen LogP contribution in [0.3, 0.4) is 0 Å². The van der Waals surface area contributed by atoms with Gasteiger partial charge in [0, 0.05) is 11.8 Å². The van der Waals surface area contributed by atoms with Gasteiger partial charge in [-0.25, -0.2) is 4.52 Å². The molecule has 0 aromatic carbocycles. The fraction of sp³-hybridized carbons (Fsp3) is 0.100. The van der Waals surface area contributed by atoms with E-state index in [0.29, 0.717) is 12.0 Å². The van der Waals surface area contributed by atoms with Crippen molar-refractivity contribution in [2.24, 2.45) is 0 Å². The molecule has 0 aliphatic carbocycles. The molecule has 0 spiro atoms. The Hall–Kier alpha value is -2.35. The number of nitrogens with zero attached hydrogens (tertiary/aromatic N) is 3. The van der Waals surface area contributed by atoms with Crippen LogP contribution in [0.4, 0.5) is 0 Å². The maximum absolute atomic E-state index is 10.3. The Morgan fingerprint density at radius 1 is 1.60 bits per heavy atom. The molecule has 5 heteroatoms. The van der Waals surface area contributed by atoms with E-state index in [1.165, 1.54) is 0 Å². The average molecular weight is 200 g/mol. The maximum atomic E-state index is 10.3. The molecule has 0 saturated carbocycles. The predicted octanol–water partition coefficient (Wildman–Crippen LogP) is 0.645. The summed E-state index contributed by atoms with van der Waals surface area (Å²) in [6.45, 7) is 0. The van der Waals surface area contributed by atoms with Crippen LogP contribution in [-0.2, 0) is 4.79 Å². The third-order valence-electron chi connectivity index (χ3n) is 2.13. The summed E-state index contributed by atoms with van der Waals surface area (Å²) in [7, 11) is 0. The Balaban J connectivity index is 2.51. The summed E-state index contributed by atoms with van der Waals surface area (Å²) < 4.78 is 1.66. The van der Waals surface area contributed by atoms with Crippen LogP contribution in [0.25, 0.3) is 5.52 Å². The number of rotatable bonds is 3. The lowest BCUT2D eigenvalue weighted by atomic mass is 10.1. The van der Waals surface area contributed by atoms with E-state index in [1.54, 1.807) is 16.9 Å². The van der Waals surface area contributed by atoms with Gasteiger partial charge in [0.1, 0.15) is 6.04 Å². The number of amides is 1. The van der Waals surface area contributed by atoms with E-state index in [-0.39, 0.29) is 0 Å². The number of hydrogen-bond donors (Lipinski definition) is 1. The normalized spacial score (nSPS) is 11.9. The molecule has 2 aromatic heterocycles. The highest BCUT2D eigenvalue weighted by Crippen LogP contribution is 2.17. The van der Waals surface area contributed by atoms with Crippen LogP contribution in [0, 0.1) is 11.3 Å². The van der Waals surface area contributed by atoms with Crippen molar-refractivity contribution in [1.29, 1.82) is 5.26 Å². The van der Waals surface area contributed by atoms with Crippen LogP contribution < -0.4 is 5.32 Å².